The Hall–Kier alpha value is 0.925. The predicted octanol–water partition coefficient (Wildman–Crippen LogP) is 7.03. The highest BCUT2D eigenvalue weighted by atomic mass is 79.9. The Balaban J connectivity index is 0.00000110. The summed E-state index contributed by atoms with van der Waals surface area (Å²) < 4.78 is 1.20. The van der Waals surface area contributed by atoms with E-state index in [0.717, 1.165) is 5.92 Å². The maximum Gasteiger partial charge on any atom is 0.295 e. The van der Waals surface area contributed by atoms with Crippen LogP contribution in [0.15, 0.2) is 10.5 Å². The monoisotopic (exact) mass is 380 g/mol. The molecule has 0 aromatic carbocycles. The molecule has 0 amide bonds. The molecule has 1 saturated carbocycles. The molecule has 0 saturated heterocycles. The Labute approximate surface area is 145 Å². The van der Waals surface area contributed by atoms with E-state index >= 15 is 0 Å². The largest absolute Gasteiger partial charge is 0.295 e. The van der Waals surface area contributed by atoms with Crippen LogP contribution >= 0.6 is 39.2 Å². The standard InChI is InChI=1S/C14H25BBrCl.C2H6S/c1-11(2)14(3,4)15(17)13(16)10-12-8-6-5-7-9-12;1-3-2/h10-12H,5-9H2,1-4H3;1-2H3/b13-10-;. The molecular formula is C16H31BBrClS. The average Bonchev–Trinajstić information content (AvgIpc) is 2.39. The van der Waals surface area contributed by atoms with Crippen molar-refractivity contribution < 1.29 is 0 Å². The number of rotatable bonds is 4. The van der Waals surface area contributed by atoms with Crippen molar-refractivity contribution in [3.63, 3.8) is 0 Å². The summed E-state index contributed by atoms with van der Waals surface area (Å²) in [5.74, 6) is 1.32. The fourth-order valence-corrected chi connectivity index (χ4v) is 3.55. The zero-order valence-electron chi connectivity index (χ0n) is 14.0. The van der Waals surface area contributed by atoms with Gasteiger partial charge < -0.3 is 0 Å². The average molecular weight is 382 g/mol. The second-order valence-corrected chi connectivity index (χ2v) is 8.87. The molecule has 1 rings (SSSR count). The highest BCUT2D eigenvalue weighted by Crippen LogP contribution is 2.43. The molecule has 20 heavy (non-hydrogen) atoms. The molecule has 118 valence electrons. The van der Waals surface area contributed by atoms with Crippen LogP contribution in [0, 0.1) is 11.8 Å². The first-order valence-electron chi connectivity index (χ1n) is 7.68. The van der Waals surface area contributed by atoms with E-state index in [2.05, 4.69) is 49.7 Å². The molecule has 0 N–H and O–H groups in total. The summed E-state index contributed by atoms with van der Waals surface area (Å²) in [5, 5.41) is 0.131. The first kappa shape index (κ1) is 20.9. The summed E-state index contributed by atoms with van der Waals surface area (Å²) in [5.41, 5.74) is 0. The molecule has 0 heterocycles. The quantitative estimate of drug-likeness (QED) is 0.471. The minimum Gasteiger partial charge on any atom is -0.188 e. The van der Waals surface area contributed by atoms with Crippen molar-refractivity contribution >= 4 is 45.3 Å². The van der Waals surface area contributed by atoms with Crippen molar-refractivity contribution in [3.8, 4) is 0 Å². The van der Waals surface area contributed by atoms with Crippen molar-refractivity contribution in [2.45, 2.75) is 65.1 Å². The van der Waals surface area contributed by atoms with Crippen LogP contribution in [0.25, 0.3) is 0 Å². The smallest absolute Gasteiger partial charge is 0.188 e. The lowest BCUT2D eigenvalue weighted by Gasteiger charge is -2.32. The molecule has 0 bridgehead atoms. The number of halogens is 2. The van der Waals surface area contributed by atoms with Crippen molar-refractivity contribution in [2.75, 3.05) is 12.5 Å². The summed E-state index contributed by atoms with van der Waals surface area (Å²) in [6.07, 6.45) is 13.4. The Bertz CT molecular complexity index is 286. The van der Waals surface area contributed by atoms with E-state index in [9.17, 15) is 0 Å². The van der Waals surface area contributed by atoms with Gasteiger partial charge in [0.1, 0.15) is 0 Å². The van der Waals surface area contributed by atoms with Gasteiger partial charge in [-0.3, -0.25) is 0 Å². The molecule has 0 aromatic rings. The highest BCUT2D eigenvalue weighted by molar-refractivity contribution is 9.12. The number of hydrogen-bond donors (Lipinski definition) is 0. The van der Waals surface area contributed by atoms with Gasteiger partial charge in [0.25, 0.3) is 6.13 Å². The second kappa shape index (κ2) is 10.6. The van der Waals surface area contributed by atoms with E-state index in [1.807, 2.05) is 12.5 Å². The minimum atomic E-state index is 0.0874. The van der Waals surface area contributed by atoms with Gasteiger partial charge in [0.15, 0.2) is 0 Å². The van der Waals surface area contributed by atoms with Crippen molar-refractivity contribution in [1.29, 1.82) is 0 Å². The van der Waals surface area contributed by atoms with E-state index in [-0.39, 0.29) is 11.4 Å². The Kier molecular flexibility index (Phi) is 11.1. The van der Waals surface area contributed by atoms with E-state index in [4.69, 9.17) is 11.5 Å². The van der Waals surface area contributed by atoms with Crippen LogP contribution in [-0.4, -0.2) is 18.6 Å². The van der Waals surface area contributed by atoms with Gasteiger partial charge in [0.2, 0.25) is 0 Å². The maximum absolute atomic E-state index is 6.62. The van der Waals surface area contributed by atoms with Crippen LogP contribution in [-0.2, 0) is 0 Å². The first-order valence-corrected chi connectivity index (χ1v) is 10.5. The fourth-order valence-electron chi connectivity index (χ4n) is 2.26. The zero-order valence-corrected chi connectivity index (χ0v) is 17.2. The maximum atomic E-state index is 6.62. The second-order valence-electron chi connectivity index (χ2n) is 6.70. The van der Waals surface area contributed by atoms with E-state index in [0.29, 0.717) is 5.92 Å². The molecule has 1 aliphatic rings. The molecule has 1 fully saturated rings. The molecule has 4 heteroatoms. The summed E-state index contributed by atoms with van der Waals surface area (Å²) >= 11 is 12.1. The Morgan fingerprint density at radius 1 is 1.25 bits per heavy atom. The normalized spacial score (nSPS) is 17.8. The molecule has 1 aliphatic carbocycles. The summed E-state index contributed by atoms with van der Waals surface area (Å²) in [7, 11) is 0. The van der Waals surface area contributed by atoms with Gasteiger partial charge in [-0.1, -0.05) is 69.0 Å². The first-order chi connectivity index (χ1) is 9.27. The molecule has 0 atom stereocenters. The van der Waals surface area contributed by atoms with Crippen LogP contribution in [0.1, 0.15) is 59.8 Å². The third-order valence-corrected chi connectivity index (χ3v) is 6.21. The van der Waals surface area contributed by atoms with Crippen molar-refractivity contribution in [3.05, 3.63) is 10.5 Å². The topological polar surface area (TPSA) is 0 Å². The predicted molar refractivity (Wildman–Crippen MR) is 104 cm³/mol. The summed E-state index contributed by atoms with van der Waals surface area (Å²) in [6.45, 7) is 9.00. The highest BCUT2D eigenvalue weighted by Gasteiger charge is 2.37. The van der Waals surface area contributed by atoms with Crippen LogP contribution in [0.4, 0.5) is 0 Å². The molecule has 0 aliphatic heterocycles. The molecule has 0 spiro atoms. The Morgan fingerprint density at radius 2 is 1.70 bits per heavy atom. The van der Waals surface area contributed by atoms with Crippen LogP contribution < -0.4 is 0 Å². The summed E-state index contributed by atoms with van der Waals surface area (Å²) in [6, 6.07) is 0. The number of hydrogen-bond acceptors (Lipinski definition) is 1. The minimum absolute atomic E-state index is 0.0874. The molecule has 0 radical (unpaired) electrons. The van der Waals surface area contributed by atoms with Gasteiger partial charge in [-0.25, -0.2) is 0 Å². The molecular weight excluding hydrogens is 350 g/mol. The SMILES string of the molecule is CC(C)C(C)(C)B(Cl)/C(Br)=C/C1CCCCC1.CSC. The van der Waals surface area contributed by atoms with E-state index in [1.165, 1.54) is 36.5 Å². The van der Waals surface area contributed by atoms with Gasteiger partial charge in [0, 0.05) is 0 Å². The van der Waals surface area contributed by atoms with Crippen LogP contribution in [0.5, 0.6) is 0 Å². The molecule has 0 nitrogen and oxygen atoms in total. The van der Waals surface area contributed by atoms with Gasteiger partial charge in [0.05, 0.1) is 0 Å². The van der Waals surface area contributed by atoms with Crippen LogP contribution in [0.2, 0.25) is 5.31 Å². The number of thioether (sulfide) groups is 1. The lowest BCUT2D eigenvalue weighted by molar-refractivity contribution is 0.419. The van der Waals surface area contributed by atoms with Gasteiger partial charge in [-0.15, -0.1) is 0 Å². The molecule has 0 aromatic heterocycles. The lowest BCUT2D eigenvalue weighted by Crippen LogP contribution is -2.28. The van der Waals surface area contributed by atoms with Crippen LogP contribution in [0.3, 0.4) is 0 Å². The lowest BCUT2D eigenvalue weighted by atomic mass is 9.48. The van der Waals surface area contributed by atoms with E-state index in [1.54, 1.807) is 11.8 Å². The fraction of sp³-hybridized carbons (Fsp3) is 0.875. The van der Waals surface area contributed by atoms with Gasteiger partial charge in [-0.05, 0) is 46.9 Å². The molecule has 0 unspecified atom stereocenters. The van der Waals surface area contributed by atoms with Crippen molar-refractivity contribution in [1.82, 2.24) is 0 Å². The third-order valence-electron chi connectivity index (χ3n) is 4.43. The number of allylic oxidation sites excluding steroid dienone is 1. The zero-order chi connectivity index (χ0) is 15.8. The van der Waals surface area contributed by atoms with Gasteiger partial charge >= 0.3 is 0 Å². The summed E-state index contributed by atoms with van der Waals surface area (Å²) in [4.78, 5) is 0. The Morgan fingerprint density at radius 3 is 2.10 bits per heavy atom. The third kappa shape index (κ3) is 7.27. The van der Waals surface area contributed by atoms with Gasteiger partial charge in [-0.2, -0.15) is 23.2 Å². The van der Waals surface area contributed by atoms with Crippen molar-refractivity contribution in [2.24, 2.45) is 11.8 Å². The van der Waals surface area contributed by atoms with E-state index < -0.39 is 0 Å².